The lowest BCUT2D eigenvalue weighted by atomic mass is 10.2. The quantitative estimate of drug-likeness (QED) is 0.380. The molecule has 0 aliphatic heterocycles. The first-order valence-electron chi connectivity index (χ1n) is 7.65. The van der Waals surface area contributed by atoms with E-state index in [4.69, 9.17) is 4.74 Å². The molecule has 2 aromatic heterocycles. The van der Waals surface area contributed by atoms with Crippen LogP contribution in [-0.2, 0) is 9.53 Å². The third kappa shape index (κ3) is 4.54. The first-order valence-corrected chi connectivity index (χ1v) is 9.41. The highest BCUT2D eigenvalue weighted by molar-refractivity contribution is 7.20. The minimum Gasteiger partial charge on any atom is -0.451 e. The number of thiophene rings is 1. The molecule has 138 valence electrons. The van der Waals surface area contributed by atoms with Crippen LogP contribution in [0.2, 0.25) is 0 Å². The second kappa shape index (κ2) is 8.06. The van der Waals surface area contributed by atoms with Gasteiger partial charge in [-0.25, -0.2) is 9.78 Å². The Morgan fingerprint density at radius 2 is 2.11 bits per heavy atom. The van der Waals surface area contributed by atoms with E-state index < -0.39 is 23.4 Å². The minimum absolute atomic E-state index is 0.0676. The fraction of sp³-hybridized carbons (Fsp3) is 0.118. The van der Waals surface area contributed by atoms with E-state index in [2.05, 4.69) is 10.3 Å². The smallest absolute Gasteiger partial charge is 0.358 e. The first kappa shape index (κ1) is 18.7. The van der Waals surface area contributed by atoms with Gasteiger partial charge in [0.25, 0.3) is 11.6 Å². The Morgan fingerprint density at radius 1 is 1.30 bits per heavy atom. The number of ether oxygens (including phenoxy) is 1. The van der Waals surface area contributed by atoms with Crippen LogP contribution in [0.3, 0.4) is 0 Å². The molecule has 0 saturated carbocycles. The van der Waals surface area contributed by atoms with Crippen LogP contribution in [0.5, 0.6) is 0 Å². The van der Waals surface area contributed by atoms with Crippen LogP contribution >= 0.6 is 22.7 Å². The van der Waals surface area contributed by atoms with E-state index in [-0.39, 0.29) is 11.4 Å². The van der Waals surface area contributed by atoms with Gasteiger partial charge >= 0.3 is 5.97 Å². The van der Waals surface area contributed by atoms with E-state index >= 15 is 0 Å². The van der Waals surface area contributed by atoms with E-state index in [1.54, 1.807) is 12.3 Å². The van der Waals surface area contributed by atoms with Crippen LogP contribution in [-0.4, -0.2) is 28.4 Å². The van der Waals surface area contributed by atoms with Gasteiger partial charge in [0.1, 0.15) is 5.01 Å². The number of nitro groups is 1. The lowest BCUT2D eigenvalue weighted by Crippen LogP contribution is -2.21. The molecule has 0 fully saturated rings. The Kier molecular flexibility index (Phi) is 5.57. The highest BCUT2D eigenvalue weighted by Gasteiger charge is 2.16. The number of aromatic nitrogens is 1. The van der Waals surface area contributed by atoms with Crippen LogP contribution in [0, 0.1) is 17.0 Å². The van der Waals surface area contributed by atoms with E-state index in [1.165, 1.54) is 40.9 Å². The molecule has 10 heteroatoms. The molecule has 0 saturated heterocycles. The first-order chi connectivity index (χ1) is 12.9. The monoisotopic (exact) mass is 403 g/mol. The van der Waals surface area contributed by atoms with E-state index in [0.29, 0.717) is 16.3 Å². The summed E-state index contributed by atoms with van der Waals surface area (Å²) in [4.78, 5) is 39.4. The van der Waals surface area contributed by atoms with Crippen molar-refractivity contribution in [3.8, 4) is 9.88 Å². The number of hydrogen-bond donors (Lipinski definition) is 1. The lowest BCUT2D eigenvalue weighted by Gasteiger charge is -2.08. The van der Waals surface area contributed by atoms with E-state index in [1.807, 2.05) is 17.5 Å². The second-order valence-electron chi connectivity index (χ2n) is 5.40. The minimum atomic E-state index is -0.690. The predicted octanol–water partition coefficient (Wildman–Crippen LogP) is 3.88. The number of hydrogen-bond acceptors (Lipinski definition) is 8. The van der Waals surface area contributed by atoms with E-state index in [0.717, 1.165) is 4.88 Å². The molecule has 27 heavy (non-hydrogen) atoms. The maximum atomic E-state index is 12.0. The molecule has 0 radical (unpaired) electrons. The molecule has 0 aliphatic rings. The van der Waals surface area contributed by atoms with Gasteiger partial charge in [0.15, 0.2) is 12.3 Å². The Morgan fingerprint density at radius 3 is 2.78 bits per heavy atom. The Bertz CT molecular complexity index is 998. The fourth-order valence-electron chi connectivity index (χ4n) is 2.17. The summed E-state index contributed by atoms with van der Waals surface area (Å²) < 4.78 is 4.98. The zero-order valence-corrected chi connectivity index (χ0v) is 15.6. The highest BCUT2D eigenvalue weighted by atomic mass is 32.1. The molecule has 1 N–H and O–H groups in total. The van der Waals surface area contributed by atoms with Crippen molar-refractivity contribution < 1.29 is 19.2 Å². The number of thiazole rings is 1. The number of benzene rings is 1. The average Bonchev–Trinajstić information content (AvgIpc) is 3.32. The number of amides is 1. The van der Waals surface area contributed by atoms with Crippen LogP contribution < -0.4 is 5.32 Å². The van der Waals surface area contributed by atoms with Crippen molar-refractivity contribution in [1.29, 1.82) is 0 Å². The van der Waals surface area contributed by atoms with Gasteiger partial charge in [-0.05, 0) is 30.0 Å². The SMILES string of the molecule is Cc1cc([N+](=O)[O-])ccc1NC(=O)COC(=O)c1csc(-c2cccs2)n1. The standard InChI is InChI=1S/C17H13N3O5S2/c1-10-7-11(20(23)24)4-5-12(10)18-15(21)8-25-17(22)13-9-27-16(19-13)14-3-2-6-26-14/h2-7,9H,8H2,1H3,(H,18,21). The summed E-state index contributed by atoms with van der Waals surface area (Å²) in [7, 11) is 0. The number of carbonyl (C=O) groups excluding carboxylic acids is 2. The number of nitrogens with one attached hydrogen (secondary N) is 1. The maximum Gasteiger partial charge on any atom is 0.358 e. The molecule has 0 atom stereocenters. The molecule has 0 spiro atoms. The Balaban J connectivity index is 1.56. The molecule has 1 amide bonds. The summed E-state index contributed by atoms with van der Waals surface area (Å²) in [5.74, 6) is -1.24. The number of rotatable bonds is 6. The topological polar surface area (TPSA) is 111 Å². The van der Waals surface area contributed by atoms with Crippen molar-refractivity contribution in [2.75, 3.05) is 11.9 Å². The molecular formula is C17H13N3O5S2. The van der Waals surface area contributed by atoms with Gasteiger partial charge in [0.05, 0.1) is 9.80 Å². The zero-order valence-electron chi connectivity index (χ0n) is 14.0. The second-order valence-corrected chi connectivity index (χ2v) is 7.20. The van der Waals surface area contributed by atoms with Crippen LogP contribution in [0.25, 0.3) is 9.88 Å². The fourth-order valence-corrected chi connectivity index (χ4v) is 3.78. The van der Waals surface area contributed by atoms with Gasteiger partial charge < -0.3 is 10.1 Å². The molecule has 1 aromatic carbocycles. The number of nitro benzene ring substituents is 1. The molecule has 3 aromatic rings. The largest absolute Gasteiger partial charge is 0.451 e. The molecule has 2 heterocycles. The van der Waals surface area contributed by atoms with Crippen LogP contribution in [0.15, 0.2) is 41.1 Å². The lowest BCUT2D eigenvalue weighted by molar-refractivity contribution is -0.384. The van der Waals surface area contributed by atoms with Gasteiger partial charge in [-0.2, -0.15) is 0 Å². The van der Waals surface area contributed by atoms with Gasteiger partial charge in [0.2, 0.25) is 0 Å². The summed E-state index contributed by atoms with van der Waals surface area (Å²) in [6.45, 7) is 1.15. The van der Waals surface area contributed by atoms with Gasteiger partial charge in [-0.15, -0.1) is 22.7 Å². The zero-order chi connectivity index (χ0) is 19.4. The summed E-state index contributed by atoms with van der Waals surface area (Å²) >= 11 is 2.84. The van der Waals surface area contributed by atoms with Crippen molar-refractivity contribution in [3.05, 3.63) is 62.5 Å². The highest BCUT2D eigenvalue weighted by Crippen LogP contribution is 2.28. The van der Waals surface area contributed by atoms with Crippen molar-refractivity contribution in [2.45, 2.75) is 6.92 Å². The van der Waals surface area contributed by atoms with Crippen LogP contribution in [0.1, 0.15) is 16.1 Å². The number of carbonyl (C=O) groups is 2. The van der Waals surface area contributed by atoms with Crippen molar-refractivity contribution >= 4 is 45.9 Å². The Hall–Kier alpha value is -3.11. The predicted molar refractivity (Wildman–Crippen MR) is 102 cm³/mol. The van der Waals surface area contributed by atoms with Gasteiger partial charge in [0, 0.05) is 23.2 Å². The summed E-state index contributed by atoms with van der Waals surface area (Å²) in [6.07, 6.45) is 0. The van der Waals surface area contributed by atoms with E-state index in [9.17, 15) is 19.7 Å². The maximum absolute atomic E-state index is 12.0. The van der Waals surface area contributed by atoms with Crippen molar-refractivity contribution in [3.63, 3.8) is 0 Å². The third-order valence-corrected chi connectivity index (χ3v) is 5.36. The number of nitrogens with zero attached hydrogens (tertiary/aromatic N) is 2. The third-order valence-electron chi connectivity index (χ3n) is 3.47. The van der Waals surface area contributed by atoms with Crippen molar-refractivity contribution in [2.24, 2.45) is 0 Å². The number of aryl methyl sites for hydroxylation is 1. The molecule has 8 nitrogen and oxygen atoms in total. The molecule has 0 unspecified atom stereocenters. The number of anilines is 1. The Labute approximate surface area is 161 Å². The number of esters is 1. The normalized spacial score (nSPS) is 10.4. The molecular weight excluding hydrogens is 390 g/mol. The molecule has 0 aliphatic carbocycles. The summed E-state index contributed by atoms with van der Waals surface area (Å²) in [6, 6.07) is 7.86. The van der Waals surface area contributed by atoms with Gasteiger partial charge in [-0.3, -0.25) is 14.9 Å². The van der Waals surface area contributed by atoms with Gasteiger partial charge in [-0.1, -0.05) is 6.07 Å². The molecule has 3 rings (SSSR count). The summed E-state index contributed by atoms with van der Waals surface area (Å²) in [5, 5.41) is 17.5. The average molecular weight is 403 g/mol. The summed E-state index contributed by atoms with van der Waals surface area (Å²) in [5.41, 5.74) is 1.02. The van der Waals surface area contributed by atoms with Crippen LogP contribution in [0.4, 0.5) is 11.4 Å². The number of non-ortho nitro benzene ring substituents is 1. The molecule has 0 bridgehead atoms. The van der Waals surface area contributed by atoms with Crippen molar-refractivity contribution in [1.82, 2.24) is 4.98 Å².